The maximum Gasteiger partial charge on any atom is 0.180 e. The SMILES string of the molecule is CCCN(Cc1cnc2c(S(C)(=O)=O)cnn2c1)CC1CCCO1. The maximum absolute atomic E-state index is 11.7. The number of fused-ring (bicyclic) bond motifs is 1. The van der Waals surface area contributed by atoms with Crippen LogP contribution in [-0.2, 0) is 21.1 Å². The second-order valence-electron chi connectivity index (χ2n) is 6.38. The summed E-state index contributed by atoms with van der Waals surface area (Å²) in [6.07, 6.45) is 9.77. The van der Waals surface area contributed by atoms with Crippen LogP contribution >= 0.6 is 0 Å². The molecule has 1 aliphatic heterocycles. The Morgan fingerprint density at radius 3 is 2.92 bits per heavy atom. The third-order valence-corrected chi connectivity index (χ3v) is 5.30. The van der Waals surface area contributed by atoms with Crippen molar-refractivity contribution in [2.24, 2.45) is 0 Å². The first-order valence-corrected chi connectivity index (χ1v) is 10.2. The van der Waals surface area contributed by atoms with Crippen LogP contribution in [0.5, 0.6) is 0 Å². The molecule has 0 amide bonds. The molecule has 0 spiro atoms. The fraction of sp³-hybridized carbons (Fsp3) is 0.625. The molecule has 8 heteroatoms. The van der Waals surface area contributed by atoms with Gasteiger partial charge in [0.25, 0.3) is 0 Å². The summed E-state index contributed by atoms with van der Waals surface area (Å²) in [6, 6.07) is 0. The minimum Gasteiger partial charge on any atom is -0.377 e. The normalized spacial score (nSPS) is 18.7. The van der Waals surface area contributed by atoms with Gasteiger partial charge < -0.3 is 4.74 Å². The first-order valence-electron chi connectivity index (χ1n) is 8.33. The molecule has 1 atom stereocenters. The Morgan fingerprint density at radius 2 is 2.25 bits per heavy atom. The van der Waals surface area contributed by atoms with Gasteiger partial charge >= 0.3 is 0 Å². The van der Waals surface area contributed by atoms with E-state index < -0.39 is 9.84 Å². The first-order chi connectivity index (χ1) is 11.5. The van der Waals surface area contributed by atoms with Crippen molar-refractivity contribution in [2.75, 3.05) is 26.0 Å². The van der Waals surface area contributed by atoms with Crippen molar-refractivity contribution in [3.05, 3.63) is 24.2 Å². The van der Waals surface area contributed by atoms with Crippen molar-refractivity contribution < 1.29 is 13.2 Å². The average Bonchev–Trinajstić information content (AvgIpc) is 3.15. The molecule has 2 aromatic heterocycles. The van der Waals surface area contributed by atoms with Crippen molar-refractivity contribution in [1.29, 1.82) is 0 Å². The largest absolute Gasteiger partial charge is 0.377 e. The Morgan fingerprint density at radius 1 is 1.42 bits per heavy atom. The van der Waals surface area contributed by atoms with Gasteiger partial charge in [0, 0.05) is 43.9 Å². The zero-order valence-corrected chi connectivity index (χ0v) is 15.0. The van der Waals surface area contributed by atoms with E-state index in [1.807, 2.05) is 6.20 Å². The molecule has 132 valence electrons. The molecule has 1 saturated heterocycles. The predicted molar refractivity (Wildman–Crippen MR) is 90.6 cm³/mol. The molecule has 1 unspecified atom stereocenters. The molecule has 1 aliphatic rings. The quantitative estimate of drug-likeness (QED) is 0.752. The summed E-state index contributed by atoms with van der Waals surface area (Å²) < 4.78 is 30.7. The van der Waals surface area contributed by atoms with Gasteiger partial charge in [-0.2, -0.15) is 5.10 Å². The summed E-state index contributed by atoms with van der Waals surface area (Å²) in [5.74, 6) is 0. The van der Waals surface area contributed by atoms with E-state index in [1.54, 1.807) is 10.7 Å². The Bertz CT molecular complexity index is 797. The minimum absolute atomic E-state index is 0.166. The van der Waals surface area contributed by atoms with Crippen LogP contribution < -0.4 is 0 Å². The Balaban J connectivity index is 1.77. The molecule has 0 aromatic carbocycles. The van der Waals surface area contributed by atoms with Gasteiger partial charge in [-0.1, -0.05) is 6.92 Å². The first kappa shape index (κ1) is 17.3. The number of ether oxygens (including phenoxy) is 1. The number of nitrogens with zero attached hydrogens (tertiary/aromatic N) is 4. The lowest BCUT2D eigenvalue weighted by Gasteiger charge is -2.24. The van der Waals surface area contributed by atoms with Crippen molar-refractivity contribution in [1.82, 2.24) is 19.5 Å². The van der Waals surface area contributed by atoms with Crippen molar-refractivity contribution in [2.45, 2.75) is 43.7 Å². The minimum atomic E-state index is -3.32. The highest BCUT2D eigenvalue weighted by atomic mass is 32.2. The Labute approximate surface area is 142 Å². The number of sulfone groups is 1. The molecular formula is C16H24N4O3S. The van der Waals surface area contributed by atoms with E-state index in [-0.39, 0.29) is 4.90 Å². The van der Waals surface area contributed by atoms with Gasteiger partial charge in [-0.3, -0.25) is 4.90 Å². The van der Waals surface area contributed by atoms with Crippen molar-refractivity contribution in [3.8, 4) is 0 Å². The third kappa shape index (κ3) is 3.93. The van der Waals surface area contributed by atoms with Crippen LogP contribution in [0.25, 0.3) is 5.65 Å². The van der Waals surface area contributed by atoms with E-state index in [1.165, 1.54) is 12.5 Å². The molecule has 0 saturated carbocycles. The molecule has 0 N–H and O–H groups in total. The van der Waals surface area contributed by atoms with Crippen LogP contribution in [-0.4, -0.2) is 60.0 Å². The standard InChI is InChI=1S/C16H24N4O3S/c1-3-6-19(12-14-5-4-7-23-14)10-13-8-17-16-15(24(2,21)22)9-18-20(16)11-13/h8-9,11,14H,3-7,10,12H2,1-2H3. The van der Waals surface area contributed by atoms with Crippen molar-refractivity contribution >= 4 is 15.5 Å². The third-order valence-electron chi connectivity index (χ3n) is 4.21. The van der Waals surface area contributed by atoms with E-state index >= 15 is 0 Å². The number of hydrogen-bond acceptors (Lipinski definition) is 6. The van der Waals surface area contributed by atoms with Crippen LogP contribution in [0.15, 0.2) is 23.5 Å². The lowest BCUT2D eigenvalue weighted by atomic mass is 10.2. The summed E-state index contributed by atoms with van der Waals surface area (Å²) in [6.45, 7) is 5.69. The molecule has 1 fully saturated rings. The topological polar surface area (TPSA) is 76.8 Å². The predicted octanol–water partition coefficient (Wildman–Crippen LogP) is 1.52. The molecule has 24 heavy (non-hydrogen) atoms. The number of rotatable bonds is 7. The van der Waals surface area contributed by atoms with Crippen LogP contribution in [0.4, 0.5) is 0 Å². The summed E-state index contributed by atoms with van der Waals surface area (Å²) in [7, 11) is -3.32. The molecular weight excluding hydrogens is 328 g/mol. The summed E-state index contributed by atoms with van der Waals surface area (Å²) in [4.78, 5) is 6.84. The van der Waals surface area contributed by atoms with E-state index in [0.29, 0.717) is 11.8 Å². The van der Waals surface area contributed by atoms with Crippen molar-refractivity contribution in [3.63, 3.8) is 0 Å². The lowest BCUT2D eigenvalue weighted by Crippen LogP contribution is -2.32. The summed E-state index contributed by atoms with van der Waals surface area (Å²) in [5.41, 5.74) is 1.39. The van der Waals surface area contributed by atoms with E-state index in [9.17, 15) is 8.42 Å². The molecule has 0 aliphatic carbocycles. The number of aromatic nitrogens is 3. The van der Waals surface area contributed by atoms with Crippen LogP contribution in [0.1, 0.15) is 31.7 Å². The Hall–Kier alpha value is -1.51. The maximum atomic E-state index is 11.7. The molecule has 0 radical (unpaired) electrons. The lowest BCUT2D eigenvalue weighted by molar-refractivity contribution is 0.0705. The molecule has 7 nitrogen and oxygen atoms in total. The average molecular weight is 352 g/mol. The fourth-order valence-electron chi connectivity index (χ4n) is 3.12. The van der Waals surface area contributed by atoms with Gasteiger partial charge in [0.2, 0.25) is 0 Å². The smallest absolute Gasteiger partial charge is 0.180 e. The molecule has 3 rings (SSSR count). The monoisotopic (exact) mass is 352 g/mol. The fourth-order valence-corrected chi connectivity index (χ4v) is 3.84. The highest BCUT2D eigenvalue weighted by Crippen LogP contribution is 2.17. The summed E-state index contributed by atoms with van der Waals surface area (Å²) >= 11 is 0. The van der Waals surface area contributed by atoms with Gasteiger partial charge in [-0.25, -0.2) is 17.9 Å². The van der Waals surface area contributed by atoms with Crippen LogP contribution in [0.2, 0.25) is 0 Å². The van der Waals surface area contributed by atoms with Gasteiger partial charge in [0.15, 0.2) is 15.5 Å². The second-order valence-corrected chi connectivity index (χ2v) is 8.37. The molecule has 0 bridgehead atoms. The van der Waals surface area contributed by atoms with Gasteiger partial charge in [0.1, 0.15) is 4.90 Å². The highest BCUT2D eigenvalue weighted by Gasteiger charge is 2.20. The van der Waals surface area contributed by atoms with Gasteiger partial charge in [-0.05, 0) is 25.8 Å². The van der Waals surface area contributed by atoms with E-state index in [0.717, 1.165) is 51.1 Å². The van der Waals surface area contributed by atoms with Gasteiger partial charge in [0.05, 0.1) is 12.3 Å². The van der Waals surface area contributed by atoms with E-state index in [2.05, 4.69) is 21.9 Å². The number of hydrogen-bond donors (Lipinski definition) is 0. The highest BCUT2D eigenvalue weighted by molar-refractivity contribution is 7.90. The second kappa shape index (κ2) is 7.16. The zero-order chi connectivity index (χ0) is 17.2. The van der Waals surface area contributed by atoms with Crippen LogP contribution in [0, 0.1) is 0 Å². The zero-order valence-electron chi connectivity index (χ0n) is 14.2. The molecule has 3 heterocycles. The van der Waals surface area contributed by atoms with E-state index in [4.69, 9.17) is 4.74 Å². The van der Waals surface area contributed by atoms with Crippen LogP contribution in [0.3, 0.4) is 0 Å². The summed E-state index contributed by atoms with van der Waals surface area (Å²) in [5, 5.41) is 4.13. The Kier molecular flexibility index (Phi) is 5.17. The van der Waals surface area contributed by atoms with Gasteiger partial charge in [-0.15, -0.1) is 0 Å². The molecule has 2 aromatic rings.